The van der Waals surface area contributed by atoms with Crippen molar-refractivity contribution in [3.63, 3.8) is 0 Å². The number of likely N-dealkylation sites (tertiary alicyclic amines) is 1. The lowest BCUT2D eigenvalue weighted by Gasteiger charge is -2.31. The Hall–Kier alpha value is -1.99. The van der Waals surface area contributed by atoms with E-state index in [0.29, 0.717) is 17.4 Å². The highest BCUT2D eigenvalue weighted by molar-refractivity contribution is 5.93. The van der Waals surface area contributed by atoms with E-state index in [9.17, 15) is 0 Å². The van der Waals surface area contributed by atoms with Crippen LogP contribution in [0, 0.1) is 5.92 Å². The van der Waals surface area contributed by atoms with Gasteiger partial charge in [-0.2, -0.15) is 0 Å². The Morgan fingerprint density at radius 3 is 2.52 bits per heavy atom. The first kappa shape index (κ1) is 21.3. The van der Waals surface area contributed by atoms with Crippen LogP contribution in [-0.2, 0) is 4.74 Å². The van der Waals surface area contributed by atoms with Crippen molar-refractivity contribution in [1.82, 2.24) is 10.2 Å². The van der Waals surface area contributed by atoms with Gasteiger partial charge in [0.1, 0.15) is 0 Å². The molecule has 1 aliphatic rings. The molecule has 0 spiro atoms. The van der Waals surface area contributed by atoms with Crippen molar-refractivity contribution in [2.75, 3.05) is 66.0 Å². The van der Waals surface area contributed by atoms with Gasteiger partial charge in [-0.05, 0) is 50.9 Å². The fourth-order valence-corrected chi connectivity index (χ4v) is 3.19. The third-order valence-electron chi connectivity index (χ3n) is 4.82. The van der Waals surface area contributed by atoms with Crippen LogP contribution < -0.4 is 20.1 Å². The average Bonchev–Trinajstić information content (AvgIpc) is 2.71. The number of piperidine rings is 1. The van der Waals surface area contributed by atoms with Crippen molar-refractivity contribution in [3.8, 4) is 11.5 Å². The van der Waals surface area contributed by atoms with Gasteiger partial charge in [-0.25, -0.2) is 0 Å². The minimum absolute atomic E-state index is 0.629. The van der Waals surface area contributed by atoms with Gasteiger partial charge in [-0.15, -0.1) is 0 Å². The molecule has 0 amide bonds. The van der Waals surface area contributed by atoms with Crippen LogP contribution in [0.5, 0.6) is 11.5 Å². The van der Waals surface area contributed by atoms with Crippen LogP contribution in [0.3, 0.4) is 0 Å². The predicted molar refractivity (Wildman–Crippen MR) is 110 cm³/mol. The van der Waals surface area contributed by atoms with Crippen molar-refractivity contribution in [2.45, 2.75) is 19.8 Å². The Kier molecular flexibility index (Phi) is 9.21. The molecule has 7 heteroatoms. The van der Waals surface area contributed by atoms with Gasteiger partial charge in [0.05, 0.1) is 20.8 Å². The van der Waals surface area contributed by atoms with Gasteiger partial charge >= 0.3 is 0 Å². The standard InChI is InChI=1S/C20H34N4O3/c1-5-21-20(23-17-6-7-18(26-3)19(14-17)27-4)22-15-16-8-10-24(11-9-16)12-13-25-2/h6-7,14,16H,5,8-13,15H2,1-4H3,(H2,21,22,23). The molecule has 1 aromatic rings. The van der Waals surface area contributed by atoms with E-state index in [4.69, 9.17) is 19.2 Å². The molecule has 1 saturated heterocycles. The molecule has 0 unspecified atom stereocenters. The van der Waals surface area contributed by atoms with E-state index in [1.807, 2.05) is 18.2 Å². The molecule has 0 saturated carbocycles. The molecule has 1 fully saturated rings. The van der Waals surface area contributed by atoms with Crippen LogP contribution in [-0.4, -0.2) is 71.5 Å². The highest BCUT2D eigenvalue weighted by Crippen LogP contribution is 2.29. The van der Waals surface area contributed by atoms with E-state index < -0.39 is 0 Å². The lowest BCUT2D eigenvalue weighted by Crippen LogP contribution is -2.37. The summed E-state index contributed by atoms with van der Waals surface area (Å²) in [6, 6.07) is 5.77. The van der Waals surface area contributed by atoms with Crippen LogP contribution in [0.15, 0.2) is 23.2 Å². The smallest absolute Gasteiger partial charge is 0.195 e. The lowest BCUT2D eigenvalue weighted by molar-refractivity contribution is 0.121. The number of nitrogens with one attached hydrogen (secondary N) is 2. The maximum atomic E-state index is 5.37. The van der Waals surface area contributed by atoms with E-state index >= 15 is 0 Å². The first-order chi connectivity index (χ1) is 13.2. The van der Waals surface area contributed by atoms with Gasteiger partial charge in [-0.1, -0.05) is 0 Å². The highest BCUT2D eigenvalue weighted by Gasteiger charge is 2.18. The molecule has 0 aromatic heterocycles. The molecule has 7 nitrogen and oxygen atoms in total. The van der Waals surface area contributed by atoms with E-state index in [0.717, 1.165) is 51.0 Å². The van der Waals surface area contributed by atoms with Gasteiger partial charge < -0.3 is 29.7 Å². The fourth-order valence-electron chi connectivity index (χ4n) is 3.19. The second kappa shape index (κ2) is 11.7. The number of anilines is 1. The Morgan fingerprint density at radius 2 is 1.89 bits per heavy atom. The van der Waals surface area contributed by atoms with Crippen molar-refractivity contribution in [3.05, 3.63) is 18.2 Å². The quantitative estimate of drug-likeness (QED) is 0.508. The second-order valence-electron chi connectivity index (χ2n) is 6.69. The maximum Gasteiger partial charge on any atom is 0.195 e. The van der Waals surface area contributed by atoms with Crippen molar-refractivity contribution in [1.29, 1.82) is 0 Å². The van der Waals surface area contributed by atoms with E-state index in [1.165, 1.54) is 12.8 Å². The zero-order chi connectivity index (χ0) is 19.5. The number of rotatable bonds is 9. The molecule has 1 aliphatic heterocycles. The summed E-state index contributed by atoms with van der Waals surface area (Å²) >= 11 is 0. The maximum absolute atomic E-state index is 5.37. The molecule has 0 atom stereocenters. The van der Waals surface area contributed by atoms with Gasteiger partial charge in [-0.3, -0.25) is 4.99 Å². The molecular formula is C20H34N4O3. The lowest BCUT2D eigenvalue weighted by atomic mass is 9.97. The largest absolute Gasteiger partial charge is 0.493 e. The molecule has 2 rings (SSSR count). The van der Waals surface area contributed by atoms with Gasteiger partial charge in [0.2, 0.25) is 0 Å². The summed E-state index contributed by atoms with van der Waals surface area (Å²) < 4.78 is 15.8. The zero-order valence-electron chi connectivity index (χ0n) is 17.1. The van der Waals surface area contributed by atoms with Crippen LogP contribution in [0.25, 0.3) is 0 Å². The number of nitrogens with zero attached hydrogens (tertiary/aromatic N) is 2. The van der Waals surface area contributed by atoms with Crippen molar-refractivity contribution >= 4 is 11.6 Å². The molecule has 0 bridgehead atoms. The monoisotopic (exact) mass is 378 g/mol. The van der Waals surface area contributed by atoms with Gasteiger partial charge in [0.25, 0.3) is 0 Å². The predicted octanol–water partition coefficient (Wildman–Crippen LogP) is 2.44. The summed E-state index contributed by atoms with van der Waals surface area (Å²) in [5.74, 6) is 2.84. The number of ether oxygens (including phenoxy) is 3. The van der Waals surface area contributed by atoms with Crippen molar-refractivity contribution < 1.29 is 14.2 Å². The number of methoxy groups -OCH3 is 3. The molecule has 0 aliphatic carbocycles. The number of benzene rings is 1. The summed E-state index contributed by atoms with van der Waals surface area (Å²) in [7, 11) is 5.03. The third-order valence-corrected chi connectivity index (χ3v) is 4.82. The third kappa shape index (κ3) is 6.92. The number of guanidine groups is 1. The van der Waals surface area contributed by atoms with Crippen LogP contribution >= 0.6 is 0 Å². The topological polar surface area (TPSA) is 67.4 Å². The average molecular weight is 379 g/mol. The number of hydrogen-bond acceptors (Lipinski definition) is 5. The SMILES string of the molecule is CCNC(=NCC1CCN(CCOC)CC1)Nc1ccc(OC)c(OC)c1. The van der Waals surface area contributed by atoms with Gasteiger partial charge in [0, 0.05) is 38.5 Å². The first-order valence-corrected chi connectivity index (χ1v) is 9.68. The Morgan fingerprint density at radius 1 is 1.15 bits per heavy atom. The second-order valence-corrected chi connectivity index (χ2v) is 6.69. The first-order valence-electron chi connectivity index (χ1n) is 9.68. The summed E-state index contributed by atoms with van der Waals surface area (Å²) in [4.78, 5) is 7.27. The van der Waals surface area contributed by atoms with E-state index in [1.54, 1.807) is 21.3 Å². The van der Waals surface area contributed by atoms with E-state index in [2.05, 4.69) is 22.5 Å². The zero-order valence-corrected chi connectivity index (χ0v) is 17.1. The van der Waals surface area contributed by atoms with Crippen LogP contribution in [0.2, 0.25) is 0 Å². The summed E-state index contributed by atoms with van der Waals surface area (Å²) in [5, 5.41) is 6.67. The Bertz CT molecular complexity index is 587. The normalized spacial score (nSPS) is 16.2. The molecule has 1 heterocycles. The fraction of sp³-hybridized carbons (Fsp3) is 0.650. The summed E-state index contributed by atoms with van der Waals surface area (Å²) in [6.07, 6.45) is 2.37. The molecule has 2 N–H and O–H groups in total. The van der Waals surface area contributed by atoms with Crippen LogP contribution in [0.1, 0.15) is 19.8 Å². The Labute approximate surface area is 163 Å². The molecule has 152 valence electrons. The minimum Gasteiger partial charge on any atom is -0.493 e. The number of aliphatic imine (C=N–C) groups is 1. The molecule has 1 aromatic carbocycles. The van der Waals surface area contributed by atoms with Gasteiger partial charge in [0.15, 0.2) is 17.5 Å². The summed E-state index contributed by atoms with van der Waals surface area (Å²) in [5.41, 5.74) is 0.918. The van der Waals surface area contributed by atoms with Crippen LogP contribution in [0.4, 0.5) is 5.69 Å². The van der Waals surface area contributed by atoms with E-state index in [-0.39, 0.29) is 0 Å². The minimum atomic E-state index is 0.629. The highest BCUT2D eigenvalue weighted by atomic mass is 16.5. The van der Waals surface area contributed by atoms with Crippen molar-refractivity contribution in [2.24, 2.45) is 10.9 Å². The summed E-state index contributed by atoms with van der Waals surface area (Å²) in [6.45, 7) is 7.81. The Balaban J connectivity index is 1.91. The number of hydrogen-bond donors (Lipinski definition) is 2. The molecule has 27 heavy (non-hydrogen) atoms. The molecular weight excluding hydrogens is 344 g/mol. The molecule has 0 radical (unpaired) electrons.